The standard InChI is InChI=1S/C7H8ClF2N5/c8-5-3(14-6(11)12)2-13-15(5)4-1-7(4,9)10/h2,4H,1H2,(H4,11,12,14). The van der Waals surface area contributed by atoms with Crippen molar-refractivity contribution in [2.45, 2.75) is 18.4 Å². The van der Waals surface area contributed by atoms with Crippen LogP contribution in [0.25, 0.3) is 0 Å². The van der Waals surface area contributed by atoms with Crippen LogP contribution >= 0.6 is 11.6 Å². The van der Waals surface area contributed by atoms with Crippen molar-refractivity contribution in [3.05, 3.63) is 11.3 Å². The van der Waals surface area contributed by atoms with Gasteiger partial charge in [0.2, 0.25) is 0 Å². The number of halogens is 3. The summed E-state index contributed by atoms with van der Waals surface area (Å²) in [4.78, 5) is 3.65. The molecular formula is C7H8ClF2N5. The highest BCUT2D eigenvalue weighted by Gasteiger charge is 2.59. The third-order valence-electron chi connectivity index (χ3n) is 2.05. The zero-order valence-electron chi connectivity index (χ0n) is 7.49. The Kier molecular flexibility index (Phi) is 2.07. The second-order valence-electron chi connectivity index (χ2n) is 3.28. The molecular weight excluding hydrogens is 228 g/mol. The molecule has 82 valence electrons. The van der Waals surface area contributed by atoms with E-state index in [0.717, 1.165) is 4.68 Å². The van der Waals surface area contributed by atoms with E-state index in [0.29, 0.717) is 0 Å². The van der Waals surface area contributed by atoms with Crippen molar-refractivity contribution in [3.8, 4) is 0 Å². The van der Waals surface area contributed by atoms with Crippen LogP contribution in [0.15, 0.2) is 11.2 Å². The third kappa shape index (κ3) is 1.74. The lowest BCUT2D eigenvalue weighted by Crippen LogP contribution is -2.21. The monoisotopic (exact) mass is 235 g/mol. The molecule has 1 fully saturated rings. The maximum Gasteiger partial charge on any atom is 0.272 e. The molecule has 4 N–H and O–H groups in total. The molecule has 0 radical (unpaired) electrons. The van der Waals surface area contributed by atoms with Crippen LogP contribution in [0.1, 0.15) is 12.5 Å². The van der Waals surface area contributed by atoms with Gasteiger partial charge in [-0.15, -0.1) is 0 Å². The first-order valence-electron chi connectivity index (χ1n) is 4.12. The van der Waals surface area contributed by atoms with Gasteiger partial charge >= 0.3 is 0 Å². The molecule has 0 amide bonds. The van der Waals surface area contributed by atoms with Crippen molar-refractivity contribution in [2.24, 2.45) is 16.5 Å². The second kappa shape index (κ2) is 3.06. The van der Waals surface area contributed by atoms with E-state index in [1.165, 1.54) is 6.20 Å². The van der Waals surface area contributed by atoms with E-state index in [4.69, 9.17) is 23.1 Å². The highest BCUT2D eigenvalue weighted by atomic mass is 35.5. The number of alkyl halides is 2. The Morgan fingerprint density at radius 1 is 1.67 bits per heavy atom. The van der Waals surface area contributed by atoms with Crippen molar-refractivity contribution < 1.29 is 8.78 Å². The molecule has 5 nitrogen and oxygen atoms in total. The quantitative estimate of drug-likeness (QED) is 0.593. The Hall–Kier alpha value is -1.37. The molecule has 0 aliphatic heterocycles. The summed E-state index contributed by atoms with van der Waals surface area (Å²) in [7, 11) is 0. The number of nitrogens with zero attached hydrogens (tertiary/aromatic N) is 3. The highest BCUT2D eigenvalue weighted by molar-refractivity contribution is 6.32. The summed E-state index contributed by atoms with van der Waals surface area (Å²) in [6.07, 6.45) is 0.992. The molecule has 15 heavy (non-hydrogen) atoms. The van der Waals surface area contributed by atoms with Crippen molar-refractivity contribution >= 4 is 23.2 Å². The molecule has 0 bridgehead atoms. The van der Waals surface area contributed by atoms with E-state index < -0.39 is 12.0 Å². The predicted octanol–water partition coefficient (Wildman–Crippen LogP) is 1.02. The molecule has 1 aromatic heterocycles. The molecule has 0 aromatic carbocycles. The fourth-order valence-electron chi connectivity index (χ4n) is 1.23. The van der Waals surface area contributed by atoms with E-state index >= 15 is 0 Å². The molecule has 1 aliphatic carbocycles. The van der Waals surface area contributed by atoms with E-state index in [1.54, 1.807) is 0 Å². The number of aromatic nitrogens is 2. The van der Waals surface area contributed by atoms with Gasteiger partial charge in [0.15, 0.2) is 11.1 Å². The zero-order chi connectivity index (χ0) is 11.2. The Bertz CT molecular complexity index is 423. The Morgan fingerprint density at radius 3 is 2.73 bits per heavy atom. The average molecular weight is 236 g/mol. The largest absolute Gasteiger partial charge is 0.370 e. The van der Waals surface area contributed by atoms with Gasteiger partial charge in [0.25, 0.3) is 5.92 Å². The average Bonchev–Trinajstić information content (AvgIpc) is 2.57. The fraction of sp³-hybridized carbons (Fsp3) is 0.429. The summed E-state index contributed by atoms with van der Waals surface area (Å²) in [6.45, 7) is 0. The van der Waals surface area contributed by atoms with Gasteiger partial charge in [-0.25, -0.2) is 18.5 Å². The van der Waals surface area contributed by atoms with Gasteiger partial charge in [-0.2, -0.15) is 5.10 Å². The molecule has 2 rings (SSSR count). The molecule has 1 heterocycles. The second-order valence-corrected chi connectivity index (χ2v) is 3.64. The lowest BCUT2D eigenvalue weighted by molar-refractivity contribution is 0.0984. The topological polar surface area (TPSA) is 82.2 Å². The van der Waals surface area contributed by atoms with E-state index in [2.05, 4.69) is 10.1 Å². The summed E-state index contributed by atoms with van der Waals surface area (Å²) >= 11 is 5.78. The number of aliphatic imine (C=N–C) groups is 1. The van der Waals surface area contributed by atoms with Crippen LogP contribution < -0.4 is 11.5 Å². The van der Waals surface area contributed by atoms with E-state index in [-0.39, 0.29) is 23.2 Å². The fourth-order valence-corrected chi connectivity index (χ4v) is 1.49. The SMILES string of the molecule is NC(N)=Nc1cnn(C2CC2(F)F)c1Cl. The Labute approximate surface area is 88.7 Å². The van der Waals surface area contributed by atoms with Crippen LogP contribution in [-0.4, -0.2) is 21.7 Å². The molecule has 0 saturated heterocycles. The summed E-state index contributed by atoms with van der Waals surface area (Å²) in [6, 6.07) is -0.979. The number of guanidine groups is 1. The van der Waals surface area contributed by atoms with Gasteiger partial charge in [-0.1, -0.05) is 11.6 Å². The maximum atomic E-state index is 12.7. The van der Waals surface area contributed by atoms with Crippen molar-refractivity contribution in [1.29, 1.82) is 0 Å². The van der Waals surface area contributed by atoms with Crippen molar-refractivity contribution in [1.82, 2.24) is 9.78 Å². The van der Waals surface area contributed by atoms with Gasteiger partial charge in [-0.05, 0) is 0 Å². The van der Waals surface area contributed by atoms with Crippen LogP contribution in [0.4, 0.5) is 14.5 Å². The number of hydrogen-bond donors (Lipinski definition) is 2. The van der Waals surface area contributed by atoms with Crippen molar-refractivity contribution in [2.75, 3.05) is 0 Å². The number of hydrogen-bond acceptors (Lipinski definition) is 2. The van der Waals surface area contributed by atoms with E-state index in [1.807, 2.05) is 0 Å². The van der Waals surface area contributed by atoms with Gasteiger partial charge in [0.05, 0.1) is 6.20 Å². The van der Waals surface area contributed by atoms with Crippen LogP contribution in [0.2, 0.25) is 5.15 Å². The summed E-state index contributed by atoms with van der Waals surface area (Å²) in [5.41, 5.74) is 10.5. The lowest BCUT2D eigenvalue weighted by atomic mass is 10.6. The molecule has 1 saturated carbocycles. The molecule has 1 aromatic rings. The normalized spacial score (nSPS) is 22.5. The van der Waals surface area contributed by atoms with Gasteiger partial charge < -0.3 is 11.5 Å². The molecule has 1 aliphatic rings. The van der Waals surface area contributed by atoms with E-state index in [9.17, 15) is 8.78 Å². The minimum Gasteiger partial charge on any atom is -0.370 e. The predicted molar refractivity (Wildman–Crippen MR) is 51.3 cm³/mol. The van der Waals surface area contributed by atoms with Crippen LogP contribution in [-0.2, 0) is 0 Å². The number of nitrogens with two attached hydrogens (primary N) is 2. The van der Waals surface area contributed by atoms with Crippen LogP contribution in [0.3, 0.4) is 0 Å². The van der Waals surface area contributed by atoms with Crippen LogP contribution in [0, 0.1) is 0 Å². The molecule has 1 atom stereocenters. The lowest BCUT2D eigenvalue weighted by Gasteiger charge is -2.00. The minimum absolute atomic E-state index is 0.0191. The first-order chi connectivity index (χ1) is 6.92. The molecule has 1 unspecified atom stereocenters. The van der Waals surface area contributed by atoms with Gasteiger partial charge in [0, 0.05) is 6.42 Å². The summed E-state index contributed by atoms with van der Waals surface area (Å²) < 4.78 is 26.5. The third-order valence-corrected chi connectivity index (χ3v) is 2.42. The van der Waals surface area contributed by atoms with Gasteiger partial charge in [-0.3, -0.25) is 0 Å². The maximum absolute atomic E-state index is 12.7. The smallest absolute Gasteiger partial charge is 0.272 e. The molecule has 0 spiro atoms. The summed E-state index contributed by atoms with van der Waals surface area (Å²) in [5, 5.41) is 3.73. The first kappa shape index (κ1) is 10.2. The first-order valence-corrected chi connectivity index (χ1v) is 4.50. The zero-order valence-corrected chi connectivity index (χ0v) is 8.25. The van der Waals surface area contributed by atoms with Gasteiger partial charge in [0.1, 0.15) is 11.7 Å². The van der Waals surface area contributed by atoms with Crippen molar-refractivity contribution in [3.63, 3.8) is 0 Å². The van der Waals surface area contributed by atoms with Crippen LogP contribution in [0.5, 0.6) is 0 Å². The minimum atomic E-state index is -2.73. The summed E-state index contributed by atoms with van der Waals surface area (Å²) in [5.74, 6) is -2.93. The Morgan fingerprint density at radius 2 is 2.27 bits per heavy atom. The number of rotatable bonds is 2. The molecule has 8 heteroatoms. The Balaban J connectivity index is 2.29. The highest BCUT2D eigenvalue weighted by Crippen LogP contribution is 2.53.